The van der Waals surface area contributed by atoms with Crippen molar-refractivity contribution in [3.05, 3.63) is 0 Å². The lowest BCUT2D eigenvalue weighted by Crippen LogP contribution is -2.24. The maximum Gasteiger partial charge on any atom is 0.370 e. The molecule has 0 saturated heterocycles. The number of carbonyl (C=O) groups is 4. The second kappa shape index (κ2) is 12.6. The Hall–Kier alpha value is -1.77. The van der Waals surface area contributed by atoms with Crippen LogP contribution in [0.5, 0.6) is 0 Å². The summed E-state index contributed by atoms with van der Waals surface area (Å²) < 4.78 is 19.7. The van der Waals surface area contributed by atoms with Crippen LogP contribution in [0.4, 0.5) is 4.79 Å². The van der Waals surface area contributed by atoms with Crippen LogP contribution in [-0.2, 0) is 33.3 Å². The van der Waals surface area contributed by atoms with E-state index in [-0.39, 0.29) is 18.3 Å². The Morgan fingerprint density at radius 2 is 1.19 bits per heavy atom. The number of carbonyl (C=O) groups excluding carboxylic acids is 4. The Bertz CT molecular complexity index is 445. The lowest BCUT2D eigenvalue weighted by Gasteiger charge is -2.15. The van der Waals surface area contributed by atoms with E-state index in [1.165, 1.54) is 13.8 Å². The third-order valence-electron chi connectivity index (χ3n) is 2.81. The van der Waals surface area contributed by atoms with E-state index in [0.717, 1.165) is 11.8 Å². The summed E-state index contributed by atoms with van der Waals surface area (Å²) in [5.41, 5.74) is 0. The molecule has 150 valence electrons. The van der Waals surface area contributed by atoms with Crippen molar-refractivity contribution in [2.45, 2.75) is 67.0 Å². The zero-order valence-corrected chi connectivity index (χ0v) is 16.9. The van der Waals surface area contributed by atoms with Crippen molar-refractivity contribution in [2.24, 2.45) is 11.8 Å². The zero-order chi connectivity index (χ0) is 20.3. The highest BCUT2D eigenvalue weighted by Crippen LogP contribution is 2.13. The van der Waals surface area contributed by atoms with Crippen LogP contribution in [0, 0.1) is 11.8 Å². The van der Waals surface area contributed by atoms with Crippen LogP contribution in [0.25, 0.3) is 0 Å². The molecule has 0 rings (SSSR count). The van der Waals surface area contributed by atoms with Crippen molar-refractivity contribution < 1.29 is 38.1 Å². The summed E-state index contributed by atoms with van der Waals surface area (Å²) in [6.45, 7) is 9.63. The molecule has 0 spiro atoms. The molecule has 26 heavy (non-hydrogen) atoms. The minimum atomic E-state index is -0.966. The average molecular weight is 392 g/mol. The van der Waals surface area contributed by atoms with E-state index in [2.05, 4.69) is 0 Å². The molecule has 0 amide bonds. The van der Waals surface area contributed by atoms with Crippen LogP contribution >= 0.6 is 11.8 Å². The minimum absolute atomic E-state index is 0.0712. The predicted molar refractivity (Wildman–Crippen MR) is 95.0 cm³/mol. The van der Waals surface area contributed by atoms with E-state index >= 15 is 0 Å². The summed E-state index contributed by atoms with van der Waals surface area (Å²) in [6, 6.07) is 0. The van der Waals surface area contributed by atoms with Gasteiger partial charge in [0, 0.05) is 26.0 Å². The molecule has 0 unspecified atom stereocenters. The topological polar surface area (TPSA) is 105 Å². The van der Waals surface area contributed by atoms with E-state index in [1.807, 2.05) is 0 Å². The van der Waals surface area contributed by atoms with Gasteiger partial charge in [0.25, 0.3) is 0 Å². The number of ether oxygens (including phenoxy) is 4. The molecule has 8 nitrogen and oxygen atoms in total. The average Bonchev–Trinajstić information content (AvgIpc) is 2.50. The first-order valence-corrected chi connectivity index (χ1v) is 9.45. The fraction of sp³-hybridized carbons (Fsp3) is 0.765. The highest BCUT2D eigenvalue weighted by Gasteiger charge is 2.18. The Morgan fingerprint density at radius 1 is 0.731 bits per heavy atom. The van der Waals surface area contributed by atoms with Crippen LogP contribution < -0.4 is 0 Å². The van der Waals surface area contributed by atoms with Gasteiger partial charge in [-0.2, -0.15) is 0 Å². The molecule has 9 heteroatoms. The number of hydrogen-bond donors (Lipinski definition) is 0. The van der Waals surface area contributed by atoms with Crippen LogP contribution in [0.15, 0.2) is 0 Å². The van der Waals surface area contributed by atoms with Crippen molar-refractivity contribution in [1.29, 1.82) is 0 Å². The molecule has 0 N–H and O–H groups in total. The van der Waals surface area contributed by atoms with Gasteiger partial charge in [-0.25, -0.2) is 4.79 Å². The number of thioether (sulfide) groups is 1. The number of rotatable bonds is 10. The first-order valence-electron chi connectivity index (χ1n) is 8.46. The van der Waals surface area contributed by atoms with Crippen molar-refractivity contribution >= 4 is 35.0 Å². The van der Waals surface area contributed by atoms with Gasteiger partial charge in [0.05, 0.1) is 11.8 Å². The predicted octanol–water partition coefficient (Wildman–Crippen LogP) is 3.27. The Labute approximate surface area is 158 Å². The quantitative estimate of drug-likeness (QED) is 0.314. The molecule has 0 heterocycles. The fourth-order valence-electron chi connectivity index (χ4n) is 1.43. The molecule has 0 aromatic rings. The number of hydrogen-bond acceptors (Lipinski definition) is 9. The third kappa shape index (κ3) is 11.7. The molecule has 0 radical (unpaired) electrons. The van der Waals surface area contributed by atoms with Crippen molar-refractivity contribution in [2.75, 3.05) is 5.75 Å². The van der Waals surface area contributed by atoms with Gasteiger partial charge in [0.15, 0.2) is 0 Å². The van der Waals surface area contributed by atoms with Gasteiger partial charge >= 0.3 is 23.2 Å². The lowest BCUT2D eigenvalue weighted by atomic mass is 10.2. The Morgan fingerprint density at radius 3 is 1.65 bits per heavy atom. The molecule has 0 aliphatic carbocycles. The molecule has 0 bridgehead atoms. The van der Waals surface area contributed by atoms with Crippen LogP contribution in [0.2, 0.25) is 0 Å². The summed E-state index contributed by atoms with van der Waals surface area (Å²) >= 11 is 0.870. The number of esters is 3. The van der Waals surface area contributed by atoms with Gasteiger partial charge in [0.1, 0.15) is 0 Å². The largest absolute Gasteiger partial charge is 0.425 e. The van der Waals surface area contributed by atoms with Gasteiger partial charge in [-0.1, -0.05) is 27.7 Å². The van der Waals surface area contributed by atoms with E-state index in [9.17, 15) is 19.2 Å². The molecule has 2 atom stereocenters. The molecule has 0 aromatic heterocycles. The summed E-state index contributed by atoms with van der Waals surface area (Å²) in [5.74, 6) is -1.71. The van der Waals surface area contributed by atoms with E-state index < -0.39 is 35.8 Å². The van der Waals surface area contributed by atoms with Gasteiger partial charge < -0.3 is 18.9 Å². The normalized spacial score (nSPS) is 13.1. The van der Waals surface area contributed by atoms with E-state index in [1.54, 1.807) is 27.7 Å². The second-order valence-electron chi connectivity index (χ2n) is 6.13. The van der Waals surface area contributed by atoms with Crippen molar-refractivity contribution in [1.82, 2.24) is 0 Å². The first kappa shape index (κ1) is 24.2. The highest BCUT2D eigenvalue weighted by atomic mass is 32.2. The Balaban J connectivity index is 3.90. The first-order chi connectivity index (χ1) is 12.0. The molecular formula is C17H28O8S. The van der Waals surface area contributed by atoms with E-state index in [0.29, 0.717) is 12.2 Å². The van der Waals surface area contributed by atoms with Gasteiger partial charge in [-0.3, -0.25) is 14.4 Å². The summed E-state index contributed by atoms with van der Waals surface area (Å²) in [7, 11) is 0. The van der Waals surface area contributed by atoms with Crippen molar-refractivity contribution in [3.63, 3.8) is 0 Å². The standard InChI is InChI=1S/C17H28O8S/c1-10(2)15(19)23-12(5)22-14(18)8-7-9-26-17(21)25-13(6)24-16(20)11(3)4/h10-13H,7-9H2,1-6H3/t12-,13+/m0/s1. The molecular weight excluding hydrogens is 364 g/mol. The van der Waals surface area contributed by atoms with Gasteiger partial charge in [-0.15, -0.1) is 0 Å². The smallest absolute Gasteiger partial charge is 0.370 e. The molecule has 0 saturated carbocycles. The fourth-order valence-corrected chi connectivity index (χ4v) is 2.09. The summed E-state index contributed by atoms with van der Waals surface area (Å²) in [4.78, 5) is 45.9. The zero-order valence-electron chi connectivity index (χ0n) is 16.1. The SMILES string of the molecule is CC(C)C(=O)O[C@@H](C)OC(=O)CCCSC(=O)O[C@H](C)OC(=O)C(C)C. The molecule has 0 aliphatic rings. The van der Waals surface area contributed by atoms with E-state index in [4.69, 9.17) is 18.9 Å². The second-order valence-corrected chi connectivity index (χ2v) is 7.16. The third-order valence-corrected chi connectivity index (χ3v) is 3.64. The van der Waals surface area contributed by atoms with Gasteiger partial charge in [0.2, 0.25) is 12.6 Å². The summed E-state index contributed by atoms with van der Waals surface area (Å²) in [6.07, 6.45) is -1.47. The maximum atomic E-state index is 11.6. The van der Waals surface area contributed by atoms with Gasteiger partial charge in [-0.05, 0) is 18.2 Å². The monoisotopic (exact) mass is 392 g/mol. The van der Waals surface area contributed by atoms with Crippen LogP contribution in [0.1, 0.15) is 54.4 Å². The molecule has 0 aromatic carbocycles. The molecule has 0 fully saturated rings. The molecule has 0 aliphatic heterocycles. The maximum absolute atomic E-state index is 11.6. The minimum Gasteiger partial charge on any atom is -0.425 e. The van der Waals surface area contributed by atoms with Crippen LogP contribution in [-0.4, -0.2) is 41.5 Å². The lowest BCUT2D eigenvalue weighted by molar-refractivity contribution is -0.186. The highest BCUT2D eigenvalue weighted by molar-refractivity contribution is 8.13. The van der Waals surface area contributed by atoms with Crippen molar-refractivity contribution in [3.8, 4) is 0 Å². The van der Waals surface area contributed by atoms with Crippen LogP contribution in [0.3, 0.4) is 0 Å². The summed E-state index contributed by atoms with van der Waals surface area (Å²) in [5, 5.41) is -0.596. The Kier molecular flexibility index (Phi) is 11.7.